The Morgan fingerprint density at radius 1 is 1.21 bits per heavy atom. The van der Waals surface area contributed by atoms with Crippen LogP contribution in [0, 0.1) is 6.92 Å². The number of aromatic nitrogens is 3. The van der Waals surface area contributed by atoms with E-state index in [9.17, 15) is 9.90 Å². The summed E-state index contributed by atoms with van der Waals surface area (Å²) in [5.41, 5.74) is 3.34. The third kappa shape index (κ3) is 3.76. The molecule has 0 unspecified atom stereocenters. The first-order valence-corrected chi connectivity index (χ1v) is 9.65. The molecule has 1 amide bonds. The standard InChI is InChI=1S/C21H25N5O2/c1-15-5-4-6-16(22-15)13-25-10-11-26(14-17(25)9-12-27)21(28)20-18-7-2-3-8-19(18)23-24-20/h2-8,17,27H,9-14H2,1H3,(H,23,24)/t17-/m1/s1. The van der Waals surface area contributed by atoms with Crippen molar-refractivity contribution in [1.29, 1.82) is 0 Å². The van der Waals surface area contributed by atoms with Gasteiger partial charge in [0.2, 0.25) is 0 Å². The minimum atomic E-state index is -0.0614. The van der Waals surface area contributed by atoms with Crippen LogP contribution >= 0.6 is 0 Å². The fraction of sp³-hybridized carbons (Fsp3) is 0.381. The SMILES string of the molecule is Cc1cccc(CN2CCN(C(=O)c3n[nH]c4ccccc34)C[C@H]2CCO)n1. The summed E-state index contributed by atoms with van der Waals surface area (Å²) in [4.78, 5) is 21.8. The number of hydrogen-bond donors (Lipinski definition) is 2. The van der Waals surface area contributed by atoms with Crippen LogP contribution in [0.2, 0.25) is 0 Å². The number of carbonyl (C=O) groups is 1. The number of aliphatic hydroxyl groups is 1. The molecular weight excluding hydrogens is 354 g/mol. The van der Waals surface area contributed by atoms with Crippen LogP contribution in [0.5, 0.6) is 0 Å². The third-order valence-electron chi connectivity index (χ3n) is 5.34. The van der Waals surface area contributed by atoms with Gasteiger partial charge in [0, 0.05) is 49.9 Å². The molecule has 146 valence electrons. The number of amides is 1. The van der Waals surface area contributed by atoms with Gasteiger partial charge in [-0.3, -0.25) is 19.8 Å². The zero-order valence-corrected chi connectivity index (χ0v) is 16.0. The molecule has 3 aromatic rings. The van der Waals surface area contributed by atoms with E-state index >= 15 is 0 Å². The maximum absolute atomic E-state index is 13.1. The lowest BCUT2D eigenvalue weighted by Gasteiger charge is -2.41. The fourth-order valence-corrected chi connectivity index (χ4v) is 3.88. The van der Waals surface area contributed by atoms with Crippen LogP contribution in [0.15, 0.2) is 42.5 Å². The molecule has 3 heterocycles. The van der Waals surface area contributed by atoms with E-state index in [1.165, 1.54) is 0 Å². The number of aryl methyl sites for hydroxylation is 1. The molecule has 0 saturated carbocycles. The van der Waals surface area contributed by atoms with Gasteiger partial charge in [-0.05, 0) is 31.5 Å². The zero-order valence-electron chi connectivity index (χ0n) is 16.0. The highest BCUT2D eigenvalue weighted by Crippen LogP contribution is 2.21. The lowest BCUT2D eigenvalue weighted by molar-refractivity contribution is 0.0388. The van der Waals surface area contributed by atoms with E-state index in [4.69, 9.17) is 0 Å². The average Bonchev–Trinajstić information content (AvgIpc) is 3.13. The molecule has 0 bridgehead atoms. The van der Waals surface area contributed by atoms with Crippen molar-refractivity contribution >= 4 is 16.8 Å². The molecule has 28 heavy (non-hydrogen) atoms. The van der Waals surface area contributed by atoms with Crippen molar-refractivity contribution in [3.05, 3.63) is 59.5 Å². The van der Waals surface area contributed by atoms with Crippen LogP contribution in [-0.4, -0.2) is 68.3 Å². The zero-order chi connectivity index (χ0) is 19.5. The Balaban J connectivity index is 1.50. The Morgan fingerprint density at radius 2 is 2.07 bits per heavy atom. The molecule has 1 aliphatic rings. The topological polar surface area (TPSA) is 85.3 Å². The van der Waals surface area contributed by atoms with Crippen LogP contribution in [0.25, 0.3) is 10.9 Å². The number of rotatable bonds is 5. The predicted octanol–water partition coefficient (Wildman–Crippen LogP) is 1.98. The van der Waals surface area contributed by atoms with E-state index in [2.05, 4.69) is 20.1 Å². The highest BCUT2D eigenvalue weighted by atomic mass is 16.3. The normalized spacial score (nSPS) is 17.9. The van der Waals surface area contributed by atoms with Crippen LogP contribution in [0.1, 0.15) is 28.3 Å². The Bertz CT molecular complexity index is 970. The van der Waals surface area contributed by atoms with Gasteiger partial charge in [-0.15, -0.1) is 0 Å². The van der Waals surface area contributed by atoms with Crippen molar-refractivity contribution in [2.45, 2.75) is 25.9 Å². The number of piperazine rings is 1. The highest BCUT2D eigenvalue weighted by molar-refractivity contribution is 6.04. The lowest BCUT2D eigenvalue weighted by atomic mass is 10.1. The van der Waals surface area contributed by atoms with Gasteiger partial charge in [-0.1, -0.05) is 24.3 Å². The van der Waals surface area contributed by atoms with Gasteiger partial charge < -0.3 is 10.0 Å². The summed E-state index contributed by atoms with van der Waals surface area (Å²) in [5.74, 6) is -0.0614. The van der Waals surface area contributed by atoms with E-state index in [-0.39, 0.29) is 18.6 Å². The smallest absolute Gasteiger partial charge is 0.275 e. The summed E-state index contributed by atoms with van der Waals surface area (Å²) in [7, 11) is 0. The molecule has 1 atom stereocenters. The van der Waals surface area contributed by atoms with E-state index < -0.39 is 0 Å². The van der Waals surface area contributed by atoms with Crippen LogP contribution in [0.4, 0.5) is 0 Å². The number of nitrogens with one attached hydrogen (secondary N) is 1. The Morgan fingerprint density at radius 3 is 2.89 bits per heavy atom. The summed E-state index contributed by atoms with van der Waals surface area (Å²) in [6, 6.07) is 13.8. The second kappa shape index (κ2) is 8.08. The maximum atomic E-state index is 13.1. The molecule has 2 aromatic heterocycles. The monoisotopic (exact) mass is 379 g/mol. The van der Waals surface area contributed by atoms with E-state index in [1.807, 2.05) is 54.3 Å². The molecule has 4 rings (SSSR count). The Kier molecular flexibility index (Phi) is 5.36. The number of aromatic amines is 1. The number of pyridine rings is 1. The van der Waals surface area contributed by atoms with Crippen molar-refractivity contribution in [2.75, 3.05) is 26.2 Å². The molecule has 7 nitrogen and oxygen atoms in total. The number of H-pyrrole nitrogens is 1. The summed E-state index contributed by atoms with van der Waals surface area (Å²) in [6.45, 7) is 4.75. The Labute approximate surface area is 164 Å². The van der Waals surface area contributed by atoms with Crippen molar-refractivity contribution in [1.82, 2.24) is 25.0 Å². The largest absolute Gasteiger partial charge is 0.396 e. The first-order chi connectivity index (χ1) is 13.7. The van der Waals surface area contributed by atoms with E-state index in [0.29, 0.717) is 25.2 Å². The number of carbonyl (C=O) groups excluding carboxylic acids is 1. The summed E-state index contributed by atoms with van der Waals surface area (Å²) in [5, 5.41) is 17.6. The second-order valence-corrected chi connectivity index (χ2v) is 7.28. The van der Waals surface area contributed by atoms with Crippen LogP contribution in [-0.2, 0) is 6.54 Å². The first kappa shape index (κ1) is 18.6. The van der Waals surface area contributed by atoms with Gasteiger partial charge in [0.25, 0.3) is 5.91 Å². The number of para-hydroxylation sites is 1. The summed E-state index contributed by atoms with van der Waals surface area (Å²) >= 11 is 0. The predicted molar refractivity (Wildman–Crippen MR) is 107 cm³/mol. The number of benzene rings is 1. The number of fused-ring (bicyclic) bond motifs is 1. The molecule has 1 fully saturated rings. The van der Waals surface area contributed by atoms with Gasteiger partial charge in [0.15, 0.2) is 5.69 Å². The molecular formula is C21H25N5O2. The van der Waals surface area contributed by atoms with E-state index in [0.717, 1.165) is 35.4 Å². The van der Waals surface area contributed by atoms with Gasteiger partial charge >= 0.3 is 0 Å². The number of aliphatic hydroxyl groups excluding tert-OH is 1. The number of hydrogen-bond acceptors (Lipinski definition) is 5. The van der Waals surface area contributed by atoms with Crippen molar-refractivity contribution in [3.63, 3.8) is 0 Å². The quantitative estimate of drug-likeness (QED) is 0.708. The van der Waals surface area contributed by atoms with Gasteiger partial charge in [-0.25, -0.2) is 0 Å². The minimum absolute atomic E-state index is 0.0614. The summed E-state index contributed by atoms with van der Waals surface area (Å²) in [6.07, 6.45) is 0.622. The Hall–Kier alpha value is -2.77. The van der Waals surface area contributed by atoms with Crippen molar-refractivity contribution in [3.8, 4) is 0 Å². The first-order valence-electron chi connectivity index (χ1n) is 9.65. The van der Waals surface area contributed by atoms with Crippen molar-refractivity contribution in [2.24, 2.45) is 0 Å². The van der Waals surface area contributed by atoms with Crippen molar-refractivity contribution < 1.29 is 9.90 Å². The minimum Gasteiger partial charge on any atom is -0.396 e. The van der Waals surface area contributed by atoms with Gasteiger partial charge in [-0.2, -0.15) is 5.10 Å². The molecule has 1 aliphatic heterocycles. The molecule has 2 N–H and O–H groups in total. The molecule has 0 radical (unpaired) electrons. The van der Waals surface area contributed by atoms with Crippen LogP contribution in [0.3, 0.4) is 0 Å². The second-order valence-electron chi connectivity index (χ2n) is 7.28. The fourth-order valence-electron chi connectivity index (χ4n) is 3.88. The molecule has 1 saturated heterocycles. The molecule has 0 spiro atoms. The van der Waals surface area contributed by atoms with Crippen LogP contribution < -0.4 is 0 Å². The lowest BCUT2D eigenvalue weighted by Crippen LogP contribution is -2.54. The molecule has 0 aliphatic carbocycles. The maximum Gasteiger partial charge on any atom is 0.275 e. The van der Waals surface area contributed by atoms with Gasteiger partial charge in [0.05, 0.1) is 11.2 Å². The number of nitrogens with zero attached hydrogens (tertiary/aromatic N) is 4. The van der Waals surface area contributed by atoms with E-state index in [1.54, 1.807) is 0 Å². The third-order valence-corrected chi connectivity index (χ3v) is 5.34. The molecule has 7 heteroatoms. The summed E-state index contributed by atoms with van der Waals surface area (Å²) < 4.78 is 0. The van der Waals surface area contributed by atoms with Gasteiger partial charge in [0.1, 0.15) is 0 Å². The highest BCUT2D eigenvalue weighted by Gasteiger charge is 2.31. The average molecular weight is 379 g/mol. The molecule has 1 aromatic carbocycles.